The molecule has 1 heterocycles. The van der Waals surface area contributed by atoms with Crippen molar-refractivity contribution in [2.24, 2.45) is 0 Å². The fourth-order valence-electron chi connectivity index (χ4n) is 2.17. The number of aromatic carboxylic acids is 1. The molecule has 2 rings (SSSR count). The summed E-state index contributed by atoms with van der Waals surface area (Å²) in [5.41, 5.74) is -0.909. The van der Waals surface area contributed by atoms with Crippen LogP contribution < -0.4 is 5.32 Å². The molecular formula is C17H16F3NO4. The second kappa shape index (κ2) is 6.62. The highest BCUT2D eigenvalue weighted by Crippen LogP contribution is 2.31. The minimum atomic E-state index is -4.40. The van der Waals surface area contributed by atoms with Gasteiger partial charge in [0.1, 0.15) is 6.26 Å². The van der Waals surface area contributed by atoms with E-state index in [1.807, 2.05) is 0 Å². The molecule has 0 unspecified atom stereocenters. The van der Waals surface area contributed by atoms with E-state index in [9.17, 15) is 22.8 Å². The Balaban J connectivity index is 2.05. The maximum absolute atomic E-state index is 12.6. The highest BCUT2D eigenvalue weighted by molar-refractivity contribution is 5.95. The van der Waals surface area contributed by atoms with E-state index in [0.29, 0.717) is 5.56 Å². The molecule has 0 aliphatic heterocycles. The highest BCUT2D eigenvalue weighted by atomic mass is 19.4. The van der Waals surface area contributed by atoms with Gasteiger partial charge in [0.2, 0.25) is 0 Å². The standard InChI is InChI=1S/C17H16F3NO4/c1-16(2,11-3-5-12(6-4-11)17(18,19)20)9-21-14(22)13-7-10(8-25-13)15(23)24/h3-8H,9H2,1-2H3,(H,21,22)(H,23,24). The van der Waals surface area contributed by atoms with Gasteiger partial charge >= 0.3 is 12.1 Å². The van der Waals surface area contributed by atoms with Gasteiger partial charge in [-0.15, -0.1) is 0 Å². The van der Waals surface area contributed by atoms with Crippen LogP contribution in [-0.2, 0) is 11.6 Å². The second-order valence-corrected chi connectivity index (χ2v) is 6.15. The topological polar surface area (TPSA) is 79.5 Å². The Hall–Kier alpha value is -2.77. The van der Waals surface area contributed by atoms with Crippen molar-refractivity contribution < 1.29 is 32.3 Å². The van der Waals surface area contributed by atoms with Gasteiger partial charge in [0.05, 0.1) is 11.1 Å². The van der Waals surface area contributed by atoms with Crippen molar-refractivity contribution in [1.82, 2.24) is 5.32 Å². The Bertz CT molecular complexity index is 776. The van der Waals surface area contributed by atoms with Crippen molar-refractivity contribution in [3.05, 3.63) is 59.0 Å². The molecule has 0 aliphatic rings. The van der Waals surface area contributed by atoms with Gasteiger partial charge in [-0.3, -0.25) is 4.79 Å². The van der Waals surface area contributed by atoms with Crippen LogP contribution in [-0.4, -0.2) is 23.5 Å². The number of halogens is 3. The third-order valence-corrected chi connectivity index (χ3v) is 3.75. The van der Waals surface area contributed by atoms with Crippen molar-refractivity contribution >= 4 is 11.9 Å². The third kappa shape index (κ3) is 4.40. The van der Waals surface area contributed by atoms with Crippen LogP contribution in [0.25, 0.3) is 0 Å². The largest absolute Gasteiger partial charge is 0.478 e. The Morgan fingerprint density at radius 1 is 1.12 bits per heavy atom. The molecule has 8 heteroatoms. The molecule has 2 N–H and O–H groups in total. The summed E-state index contributed by atoms with van der Waals surface area (Å²) in [4.78, 5) is 22.8. The van der Waals surface area contributed by atoms with Gasteiger partial charge in [0, 0.05) is 18.0 Å². The number of nitrogens with one attached hydrogen (secondary N) is 1. The lowest BCUT2D eigenvalue weighted by Gasteiger charge is -2.26. The van der Waals surface area contributed by atoms with Crippen molar-refractivity contribution in [2.75, 3.05) is 6.54 Å². The highest BCUT2D eigenvalue weighted by Gasteiger charge is 2.31. The lowest BCUT2D eigenvalue weighted by Crippen LogP contribution is -2.36. The zero-order valence-corrected chi connectivity index (χ0v) is 13.5. The second-order valence-electron chi connectivity index (χ2n) is 6.15. The first kappa shape index (κ1) is 18.6. The van der Waals surface area contributed by atoms with E-state index in [2.05, 4.69) is 5.32 Å². The lowest BCUT2D eigenvalue weighted by atomic mass is 9.84. The molecule has 0 fully saturated rings. The third-order valence-electron chi connectivity index (χ3n) is 3.75. The average Bonchev–Trinajstić information content (AvgIpc) is 3.02. The van der Waals surface area contributed by atoms with Crippen molar-refractivity contribution in [2.45, 2.75) is 25.4 Å². The molecule has 1 aromatic carbocycles. The van der Waals surface area contributed by atoms with E-state index in [1.165, 1.54) is 12.1 Å². The van der Waals surface area contributed by atoms with Crippen LogP contribution >= 0.6 is 0 Å². The molecule has 0 bridgehead atoms. The van der Waals surface area contributed by atoms with Crippen molar-refractivity contribution in [3.63, 3.8) is 0 Å². The molecule has 2 aromatic rings. The number of carbonyl (C=O) groups excluding carboxylic acids is 1. The molecule has 0 spiro atoms. The predicted molar refractivity (Wildman–Crippen MR) is 82.5 cm³/mol. The number of alkyl halides is 3. The summed E-state index contributed by atoms with van der Waals surface area (Å²) in [6.45, 7) is 3.65. The average molecular weight is 355 g/mol. The zero-order chi connectivity index (χ0) is 18.8. The van der Waals surface area contributed by atoms with Crippen molar-refractivity contribution in [1.29, 1.82) is 0 Å². The fraction of sp³-hybridized carbons (Fsp3) is 0.294. The number of furan rings is 1. The zero-order valence-electron chi connectivity index (χ0n) is 13.5. The summed E-state index contributed by atoms with van der Waals surface area (Å²) in [6, 6.07) is 5.81. The van der Waals surface area contributed by atoms with Crippen molar-refractivity contribution in [3.8, 4) is 0 Å². The Labute approximate surface area is 141 Å². The van der Waals surface area contributed by atoms with Crippen LogP contribution in [0.1, 0.15) is 45.9 Å². The summed E-state index contributed by atoms with van der Waals surface area (Å²) in [6.07, 6.45) is -3.45. The molecule has 0 saturated heterocycles. The van der Waals surface area contributed by atoms with Crippen LogP contribution in [0, 0.1) is 0 Å². The molecule has 1 aromatic heterocycles. The Morgan fingerprint density at radius 2 is 1.68 bits per heavy atom. The van der Waals surface area contributed by atoms with Gasteiger partial charge in [0.15, 0.2) is 5.76 Å². The fourth-order valence-corrected chi connectivity index (χ4v) is 2.17. The lowest BCUT2D eigenvalue weighted by molar-refractivity contribution is -0.137. The summed E-state index contributed by atoms with van der Waals surface area (Å²) >= 11 is 0. The quantitative estimate of drug-likeness (QED) is 0.857. The SMILES string of the molecule is CC(C)(CNC(=O)c1cc(C(=O)O)co1)c1ccc(C(F)(F)F)cc1. The van der Waals surface area contributed by atoms with E-state index in [4.69, 9.17) is 9.52 Å². The van der Waals surface area contributed by atoms with Gasteiger partial charge in [-0.05, 0) is 17.7 Å². The first-order valence-corrected chi connectivity index (χ1v) is 7.28. The monoisotopic (exact) mass is 355 g/mol. The van der Waals surface area contributed by atoms with Crippen LogP contribution in [0.2, 0.25) is 0 Å². The molecule has 0 radical (unpaired) electrons. The Kier molecular flexibility index (Phi) is 4.92. The number of carboxylic acids is 1. The Morgan fingerprint density at radius 3 is 2.16 bits per heavy atom. The van der Waals surface area contributed by atoms with Crippen LogP contribution in [0.5, 0.6) is 0 Å². The first-order chi connectivity index (χ1) is 11.5. The number of rotatable bonds is 5. The van der Waals surface area contributed by atoms with Gasteiger partial charge in [-0.2, -0.15) is 13.2 Å². The number of amides is 1. The number of hydrogen-bond acceptors (Lipinski definition) is 3. The van der Waals surface area contributed by atoms with E-state index in [-0.39, 0.29) is 17.9 Å². The summed E-state index contributed by atoms with van der Waals surface area (Å²) in [5.74, 6) is -1.97. The minimum Gasteiger partial charge on any atom is -0.478 e. The number of carboxylic acid groups (broad SMARTS) is 1. The maximum Gasteiger partial charge on any atom is 0.416 e. The van der Waals surface area contributed by atoms with Gasteiger partial charge in [0.25, 0.3) is 5.91 Å². The molecule has 134 valence electrons. The van der Waals surface area contributed by atoms with E-state index >= 15 is 0 Å². The van der Waals surface area contributed by atoms with E-state index in [1.54, 1.807) is 13.8 Å². The van der Waals surface area contributed by atoms with Crippen LogP contribution in [0.15, 0.2) is 41.0 Å². The molecule has 25 heavy (non-hydrogen) atoms. The number of carbonyl (C=O) groups is 2. The smallest absolute Gasteiger partial charge is 0.416 e. The van der Waals surface area contributed by atoms with Crippen LogP contribution in [0.3, 0.4) is 0 Å². The summed E-state index contributed by atoms with van der Waals surface area (Å²) in [7, 11) is 0. The predicted octanol–water partition coefficient (Wildman–Crippen LogP) is 3.70. The molecule has 1 amide bonds. The minimum absolute atomic E-state index is 0.125. The summed E-state index contributed by atoms with van der Waals surface area (Å²) in [5, 5.41) is 11.4. The van der Waals surface area contributed by atoms with Gasteiger partial charge < -0.3 is 14.8 Å². The number of benzene rings is 1. The number of hydrogen-bond donors (Lipinski definition) is 2. The molecular weight excluding hydrogens is 339 g/mol. The van der Waals surface area contributed by atoms with Gasteiger partial charge in [-0.1, -0.05) is 26.0 Å². The maximum atomic E-state index is 12.6. The van der Waals surface area contributed by atoms with E-state index < -0.39 is 29.0 Å². The van der Waals surface area contributed by atoms with Gasteiger partial charge in [-0.25, -0.2) is 4.79 Å². The van der Waals surface area contributed by atoms with Crippen LogP contribution in [0.4, 0.5) is 13.2 Å². The van der Waals surface area contributed by atoms with E-state index in [0.717, 1.165) is 24.5 Å². The first-order valence-electron chi connectivity index (χ1n) is 7.28. The summed E-state index contributed by atoms with van der Waals surface area (Å²) < 4.78 is 42.7. The normalized spacial score (nSPS) is 12.0. The molecule has 0 saturated carbocycles. The molecule has 0 aliphatic carbocycles. The molecule has 5 nitrogen and oxygen atoms in total. The molecule has 0 atom stereocenters.